The third-order valence-electron chi connectivity index (χ3n) is 2.63. The highest BCUT2D eigenvalue weighted by Crippen LogP contribution is 2.34. The zero-order valence-electron chi connectivity index (χ0n) is 10.6. The first kappa shape index (κ1) is 12.9. The number of nitrogens with zero attached hydrogens (tertiary/aromatic N) is 1. The van der Waals surface area contributed by atoms with Gasteiger partial charge >= 0.3 is 0 Å². The van der Waals surface area contributed by atoms with Gasteiger partial charge in [0.25, 0.3) is 0 Å². The summed E-state index contributed by atoms with van der Waals surface area (Å²) in [4.78, 5) is 0. The van der Waals surface area contributed by atoms with Crippen LogP contribution in [0.4, 0.5) is 4.39 Å². The number of rotatable bonds is 3. The van der Waals surface area contributed by atoms with Crippen LogP contribution in [-0.2, 0) is 0 Å². The van der Waals surface area contributed by atoms with Crippen LogP contribution in [0.15, 0.2) is 36.4 Å². The van der Waals surface area contributed by atoms with Crippen LogP contribution in [0.25, 0.3) is 0 Å². The van der Waals surface area contributed by atoms with E-state index in [4.69, 9.17) is 14.7 Å². The van der Waals surface area contributed by atoms with Crippen LogP contribution in [0.5, 0.6) is 17.2 Å². The highest BCUT2D eigenvalue weighted by molar-refractivity contribution is 5.50. The third kappa shape index (κ3) is 2.66. The minimum atomic E-state index is -0.605. The van der Waals surface area contributed by atoms with Crippen molar-refractivity contribution in [2.24, 2.45) is 0 Å². The van der Waals surface area contributed by atoms with Gasteiger partial charge in [-0.3, -0.25) is 0 Å². The lowest BCUT2D eigenvalue weighted by Gasteiger charge is -2.12. The van der Waals surface area contributed by atoms with Gasteiger partial charge in [-0.25, -0.2) is 4.39 Å². The summed E-state index contributed by atoms with van der Waals surface area (Å²) in [7, 11) is 1.53. The molecule has 0 saturated carbocycles. The molecule has 3 nitrogen and oxygen atoms in total. The summed E-state index contributed by atoms with van der Waals surface area (Å²) in [5, 5.41) is 8.95. The predicted molar refractivity (Wildman–Crippen MR) is 68.9 cm³/mol. The summed E-state index contributed by atoms with van der Waals surface area (Å²) in [6, 6.07) is 11.4. The van der Waals surface area contributed by atoms with E-state index in [9.17, 15) is 4.39 Å². The van der Waals surface area contributed by atoms with Crippen LogP contribution in [-0.4, -0.2) is 7.11 Å². The number of nitriles is 1. The molecule has 0 saturated heterocycles. The van der Waals surface area contributed by atoms with E-state index in [1.165, 1.54) is 19.2 Å². The quantitative estimate of drug-likeness (QED) is 0.839. The highest BCUT2D eigenvalue weighted by Gasteiger charge is 2.12. The summed E-state index contributed by atoms with van der Waals surface area (Å²) in [5.74, 6) is 0.541. The van der Waals surface area contributed by atoms with Gasteiger partial charge in [0.15, 0.2) is 11.5 Å². The standard InChI is InChI=1S/C15H12FNO2/c1-10-6-7-14(15(8-10)18-2)19-13-5-3-4-12(16)11(13)9-17/h3-8H,1-2H3. The zero-order valence-corrected chi connectivity index (χ0v) is 10.6. The fourth-order valence-corrected chi connectivity index (χ4v) is 1.68. The molecule has 0 fully saturated rings. The molecule has 0 aromatic heterocycles. The molecule has 0 atom stereocenters. The Morgan fingerprint density at radius 3 is 2.58 bits per heavy atom. The van der Waals surface area contributed by atoms with Crippen LogP contribution in [0.2, 0.25) is 0 Å². The number of halogens is 1. The first-order chi connectivity index (χ1) is 9.15. The van der Waals surface area contributed by atoms with Crippen LogP contribution < -0.4 is 9.47 Å². The summed E-state index contributed by atoms with van der Waals surface area (Å²) in [6.45, 7) is 1.93. The van der Waals surface area contributed by atoms with E-state index >= 15 is 0 Å². The van der Waals surface area contributed by atoms with E-state index in [0.717, 1.165) is 5.56 Å². The SMILES string of the molecule is COc1cc(C)ccc1Oc1cccc(F)c1C#N. The van der Waals surface area contributed by atoms with E-state index in [-0.39, 0.29) is 11.3 Å². The van der Waals surface area contributed by atoms with Crippen molar-refractivity contribution in [1.82, 2.24) is 0 Å². The molecular weight excluding hydrogens is 245 g/mol. The first-order valence-electron chi connectivity index (χ1n) is 5.67. The average molecular weight is 257 g/mol. The molecule has 0 aliphatic carbocycles. The Labute approximate surface area is 110 Å². The predicted octanol–water partition coefficient (Wildman–Crippen LogP) is 3.81. The Hall–Kier alpha value is -2.54. The molecule has 0 amide bonds. The van der Waals surface area contributed by atoms with Crippen LogP contribution in [0.1, 0.15) is 11.1 Å². The topological polar surface area (TPSA) is 42.2 Å². The van der Waals surface area contributed by atoms with Crippen molar-refractivity contribution in [3.63, 3.8) is 0 Å². The maximum Gasteiger partial charge on any atom is 0.169 e. The van der Waals surface area contributed by atoms with Gasteiger partial charge in [0.1, 0.15) is 23.2 Å². The molecular formula is C15H12FNO2. The molecule has 0 aliphatic heterocycles. The molecule has 0 heterocycles. The summed E-state index contributed by atoms with van der Waals surface area (Å²) < 4.78 is 24.2. The molecule has 2 aromatic rings. The van der Waals surface area contributed by atoms with Crippen molar-refractivity contribution in [2.75, 3.05) is 7.11 Å². The van der Waals surface area contributed by atoms with Gasteiger partial charge in [0, 0.05) is 0 Å². The Bertz CT molecular complexity index is 647. The lowest BCUT2D eigenvalue weighted by atomic mass is 10.2. The molecule has 0 aliphatic rings. The zero-order chi connectivity index (χ0) is 13.8. The summed E-state index contributed by atoms with van der Waals surface area (Å²) in [6.07, 6.45) is 0. The largest absolute Gasteiger partial charge is 0.493 e. The van der Waals surface area contributed by atoms with Crippen molar-refractivity contribution in [1.29, 1.82) is 5.26 Å². The van der Waals surface area contributed by atoms with Gasteiger partial charge in [0.05, 0.1) is 7.11 Å². The van der Waals surface area contributed by atoms with Crippen molar-refractivity contribution in [3.05, 3.63) is 53.3 Å². The number of hydrogen-bond acceptors (Lipinski definition) is 3. The smallest absolute Gasteiger partial charge is 0.169 e. The van der Waals surface area contributed by atoms with Crippen molar-refractivity contribution in [3.8, 4) is 23.3 Å². The molecule has 96 valence electrons. The Morgan fingerprint density at radius 2 is 1.89 bits per heavy atom. The molecule has 0 bridgehead atoms. The molecule has 2 aromatic carbocycles. The van der Waals surface area contributed by atoms with Gasteiger partial charge in [-0.1, -0.05) is 12.1 Å². The molecule has 2 rings (SSSR count). The second kappa shape index (κ2) is 5.40. The van der Waals surface area contributed by atoms with Crippen LogP contribution in [0.3, 0.4) is 0 Å². The lowest BCUT2D eigenvalue weighted by molar-refractivity contribution is 0.377. The molecule has 0 unspecified atom stereocenters. The van der Waals surface area contributed by atoms with Crippen LogP contribution in [0, 0.1) is 24.1 Å². The Balaban J connectivity index is 2.42. The molecule has 0 N–H and O–H groups in total. The van der Waals surface area contributed by atoms with E-state index < -0.39 is 5.82 Å². The third-order valence-corrected chi connectivity index (χ3v) is 2.63. The molecule has 0 radical (unpaired) electrons. The van der Waals surface area contributed by atoms with Gasteiger partial charge in [0.2, 0.25) is 0 Å². The van der Waals surface area contributed by atoms with Crippen molar-refractivity contribution in [2.45, 2.75) is 6.92 Å². The van der Waals surface area contributed by atoms with Gasteiger partial charge in [-0.05, 0) is 36.8 Å². The maximum absolute atomic E-state index is 13.5. The van der Waals surface area contributed by atoms with Gasteiger partial charge in [-0.2, -0.15) is 5.26 Å². The summed E-state index contributed by atoms with van der Waals surface area (Å²) >= 11 is 0. The van der Waals surface area contributed by atoms with Crippen molar-refractivity contribution >= 4 is 0 Å². The molecule has 0 spiro atoms. The highest BCUT2D eigenvalue weighted by atomic mass is 19.1. The van der Waals surface area contributed by atoms with Crippen molar-refractivity contribution < 1.29 is 13.9 Å². The van der Waals surface area contributed by atoms with E-state index in [1.807, 2.05) is 13.0 Å². The minimum absolute atomic E-state index is 0.120. The van der Waals surface area contributed by atoms with E-state index in [0.29, 0.717) is 11.5 Å². The fraction of sp³-hybridized carbons (Fsp3) is 0.133. The molecule has 4 heteroatoms. The lowest BCUT2D eigenvalue weighted by Crippen LogP contribution is -1.94. The Kier molecular flexibility index (Phi) is 3.67. The second-order valence-corrected chi connectivity index (χ2v) is 3.98. The fourth-order valence-electron chi connectivity index (χ4n) is 1.68. The number of methoxy groups -OCH3 is 1. The van der Waals surface area contributed by atoms with E-state index in [1.54, 1.807) is 24.3 Å². The van der Waals surface area contributed by atoms with E-state index in [2.05, 4.69) is 0 Å². The van der Waals surface area contributed by atoms with Crippen LogP contribution >= 0.6 is 0 Å². The van der Waals surface area contributed by atoms with Gasteiger partial charge < -0.3 is 9.47 Å². The van der Waals surface area contributed by atoms with Gasteiger partial charge in [-0.15, -0.1) is 0 Å². The first-order valence-corrected chi connectivity index (χ1v) is 5.67. The number of ether oxygens (including phenoxy) is 2. The normalized spacial score (nSPS) is 9.79. The minimum Gasteiger partial charge on any atom is -0.493 e. The average Bonchev–Trinajstić information content (AvgIpc) is 2.41. The number of benzene rings is 2. The Morgan fingerprint density at radius 1 is 1.11 bits per heavy atom. The monoisotopic (exact) mass is 257 g/mol. The number of hydrogen-bond donors (Lipinski definition) is 0. The molecule has 19 heavy (non-hydrogen) atoms. The number of aryl methyl sites for hydroxylation is 1. The maximum atomic E-state index is 13.5. The summed E-state index contributed by atoms with van der Waals surface area (Å²) in [5.41, 5.74) is 0.897. The second-order valence-electron chi connectivity index (χ2n) is 3.98.